The highest BCUT2D eigenvalue weighted by Crippen LogP contribution is 2.39. The van der Waals surface area contributed by atoms with Crippen LogP contribution in [0.1, 0.15) is 52.0 Å². The van der Waals surface area contributed by atoms with E-state index in [-0.39, 0.29) is 18.2 Å². The van der Waals surface area contributed by atoms with E-state index in [1.165, 1.54) is 0 Å². The van der Waals surface area contributed by atoms with Crippen LogP contribution in [0.25, 0.3) is 5.57 Å². The smallest absolute Gasteiger partial charge is 0.411 e. The molecule has 3 rings (SSSR count). The molecule has 0 spiro atoms. The molecule has 1 aromatic rings. The van der Waals surface area contributed by atoms with E-state index in [1.54, 1.807) is 12.3 Å². The van der Waals surface area contributed by atoms with Crippen LogP contribution in [-0.2, 0) is 4.74 Å². The normalized spacial score (nSPS) is 23.7. The second-order valence-corrected chi connectivity index (χ2v) is 8.22. The van der Waals surface area contributed by atoms with E-state index in [0.717, 1.165) is 36.8 Å². The summed E-state index contributed by atoms with van der Waals surface area (Å²) in [6, 6.07) is 1.99. The number of piperidine rings is 1. The molecule has 0 aromatic carbocycles. The molecule has 0 radical (unpaired) electrons. The largest absolute Gasteiger partial charge is 0.444 e. The van der Waals surface area contributed by atoms with Crippen LogP contribution >= 0.6 is 23.2 Å². The number of fused-ring (bicyclic) bond motifs is 2. The third kappa shape index (κ3) is 3.70. The van der Waals surface area contributed by atoms with E-state index in [1.807, 2.05) is 25.7 Å². The zero-order valence-corrected chi connectivity index (χ0v) is 15.7. The summed E-state index contributed by atoms with van der Waals surface area (Å²) in [7, 11) is 0. The van der Waals surface area contributed by atoms with Gasteiger partial charge in [-0.25, -0.2) is 9.78 Å². The lowest BCUT2D eigenvalue weighted by Crippen LogP contribution is -2.53. The molecule has 1 amide bonds. The molecule has 2 aliphatic heterocycles. The molecule has 4 nitrogen and oxygen atoms in total. The Morgan fingerprint density at radius 3 is 2.75 bits per heavy atom. The van der Waals surface area contributed by atoms with Gasteiger partial charge in [-0.15, -0.1) is 0 Å². The second kappa shape index (κ2) is 6.57. The van der Waals surface area contributed by atoms with Crippen LogP contribution in [0.2, 0.25) is 10.2 Å². The van der Waals surface area contributed by atoms with Crippen LogP contribution in [-0.4, -0.2) is 33.7 Å². The lowest BCUT2D eigenvalue weighted by molar-refractivity contribution is 0.0000868. The summed E-state index contributed by atoms with van der Waals surface area (Å²) in [4.78, 5) is 18.5. The van der Waals surface area contributed by atoms with E-state index < -0.39 is 5.60 Å². The maximum Gasteiger partial charge on any atom is 0.411 e. The highest BCUT2D eigenvalue weighted by Gasteiger charge is 2.39. The molecule has 0 N–H and O–H groups in total. The fraction of sp³-hybridized carbons (Fsp3) is 0.556. The molecule has 1 fully saturated rings. The third-order valence-electron chi connectivity index (χ3n) is 4.41. The molecule has 130 valence electrons. The summed E-state index contributed by atoms with van der Waals surface area (Å²) in [5, 5.41) is 1.02. The van der Waals surface area contributed by atoms with Crippen LogP contribution in [0.5, 0.6) is 0 Å². The van der Waals surface area contributed by atoms with Gasteiger partial charge >= 0.3 is 6.09 Å². The van der Waals surface area contributed by atoms with Crippen molar-refractivity contribution in [1.82, 2.24) is 9.88 Å². The number of carbonyl (C=O) groups is 1. The summed E-state index contributed by atoms with van der Waals surface area (Å²) in [6.07, 6.45) is 7.28. The standard InChI is InChI=1S/C18H22Cl2N2O2/c1-18(2,3)24-17(23)22-12-5-4-6-13(22)8-11(7-12)14-9-16(20)21-10-15(14)19/h7,9-10,12-13H,4-6,8H2,1-3H3. The minimum Gasteiger partial charge on any atom is -0.444 e. The molecule has 2 unspecified atom stereocenters. The molecule has 1 aromatic heterocycles. The van der Waals surface area contributed by atoms with Crippen molar-refractivity contribution in [1.29, 1.82) is 0 Å². The highest BCUT2D eigenvalue weighted by molar-refractivity contribution is 6.33. The Labute approximate surface area is 152 Å². The molecule has 6 heteroatoms. The number of pyridine rings is 1. The monoisotopic (exact) mass is 368 g/mol. The lowest BCUT2D eigenvalue weighted by atomic mass is 9.83. The Bertz CT molecular complexity index is 682. The average Bonchev–Trinajstić information content (AvgIpc) is 2.46. The van der Waals surface area contributed by atoms with Crippen molar-refractivity contribution >= 4 is 34.9 Å². The first kappa shape index (κ1) is 17.6. The predicted octanol–water partition coefficient (Wildman–Crippen LogP) is 5.33. The number of hydrogen-bond acceptors (Lipinski definition) is 3. The van der Waals surface area contributed by atoms with Crippen molar-refractivity contribution in [3.63, 3.8) is 0 Å². The number of amides is 1. The zero-order chi connectivity index (χ0) is 17.5. The predicted molar refractivity (Wildman–Crippen MR) is 96.4 cm³/mol. The average molecular weight is 369 g/mol. The molecule has 1 saturated heterocycles. The van der Waals surface area contributed by atoms with Crippen LogP contribution < -0.4 is 0 Å². The first-order valence-corrected chi connectivity index (χ1v) is 9.03. The number of ether oxygens (including phenoxy) is 1. The number of hydrogen-bond donors (Lipinski definition) is 0. The van der Waals surface area contributed by atoms with Gasteiger partial charge in [0.15, 0.2) is 0 Å². The number of aromatic nitrogens is 1. The van der Waals surface area contributed by atoms with Gasteiger partial charge in [0.05, 0.1) is 11.1 Å². The summed E-state index contributed by atoms with van der Waals surface area (Å²) in [5.74, 6) is 0. The summed E-state index contributed by atoms with van der Waals surface area (Å²) in [5.41, 5.74) is 1.56. The fourth-order valence-electron chi connectivity index (χ4n) is 3.49. The Morgan fingerprint density at radius 1 is 1.33 bits per heavy atom. The molecule has 3 heterocycles. The topological polar surface area (TPSA) is 42.4 Å². The molecular weight excluding hydrogens is 347 g/mol. The van der Waals surface area contributed by atoms with Crippen molar-refractivity contribution in [3.05, 3.63) is 34.1 Å². The van der Waals surface area contributed by atoms with Crippen LogP contribution in [0.15, 0.2) is 18.3 Å². The summed E-state index contributed by atoms with van der Waals surface area (Å²) in [6.45, 7) is 5.68. The van der Waals surface area contributed by atoms with E-state index in [4.69, 9.17) is 27.9 Å². The maximum atomic E-state index is 12.6. The van der Waals surface area contributed by atoms with Crippen molar-refractivity contribution < 1.29 is 9.53 Å². The van der Waals surface area contributed by atoms with Gasteiger partial charge in [0.1, 0.15) is 10.8 Å². The SMILES string of the molecule is CC(C)(C)OC(=O)N1C2C=C(c3cc(Cl)ncc3Cl)CC1CCC2. The second-order valence-electron chi connectivity index (χ2n) is 7.42. The van der Waals surface area contributed by atoms with Crippen molar-refractivity contribution in [2.45, 2.75) is 64.1 Å². The van der Waals surface area contributed by atoms with Gasteiger partial charge in [-0.05, 0) is 58.1 Å². The van der Waals surface area contributed by atoms with Gasteiger partial charge < -0.3 is 4.74 Å². The number of carbonyl (C=O) groups excluding carboxylic acids is 1. The lowest BCUT2D eigenvalue weighted by Gasteiger charge is -2.45. The highest BCUT2D eigenvalue weighted by atomic mass is 35.5. The van der Waals surface area contributed by atoms with Crippen LogP contribution in [0.4, 0.5) is 4.79 Å². The van der Waals surface area contributed by atoms with Gasteiger partial charge in [-0.3, -0.25) is 4.90 Å². The van der Waals surface area contributed by atoms with Gasteiger partial charge in [0, 0.05) is 17.8 Å². The molecule has 0 aliphatic carbocycles. The minimum atomic E-state index is -0.489. The van der Waals surface area contributed by atoms with Crippen LogP contribution in [0.3, 0.4) is 0 Å². The number of nitrogens with zero attached hydrogens (tertiary/aromatic N) is 2. The van der Waals surface area contributed by atoms with E-state index in [0.29, 0.717) is 10.2 Å². The fourth-order valence-corrected chi connectivity index (χ4v) is 3.87. The Morgan fingerprint density at radius 2 is 2.08 bits per heavy atom. The first-order valence-electron chi connectivity index (χ1n) is 8.28. The maximum absolute atomic E-state index is 12.6. The van der Waals surface area contributed by atoms with Crippen LogP contribution in [0, 0.1) is 0 Å². The van der Waals surface area contributed by atoms with Gasteiger partial charge in [-0.1, -0.05) is 29.3 Å². The zero-order valence-electron chi connectivity index (χ0n) is 14.2. The molecular formula is C18H22Cl2N2O2. The Balaban J connectivity index is 1.90. The van der Waals surface area contributed by atoms with Gasteiger partial charge in [0.25, 0.3) is 0 Å². The molecule has 2 atom stereocenters. The summed E-state index contributed by atoms with van der Waals surface area (Å²) < 4.78 is 5.60. The summed E-state index contributed by atoms with van der Waals surface area (Å²) >= 11 is 12.3. The van der Waals surface area contributed by atoms with Crippen molar-refractivity contribution in [3.8, 4) is 0 Å². The Kier molecular flexibility index (Phi) is 4.80. The van der Waals surface area contributed by atoms with Crippen molar-refractivity contribution in [2.75, 3.05) is 0 Å². The van der Waals surface area contributed by atoms with Gasteiger partial charge in [0.2, 0.25) is 0 Å². The van der Waals surface area contributed by atoms with Gasteiger partial charge in [-0.2, -0.15) is 0 Å². The number of halogens is 2. The molecule has 2 bridgehead atoms. The van der Waals surface area contributed by atoms with Crippen molar-refractivity contribution in [2.24, 2.45) is 0 Å². The van der Waals surface area contributed by atoms with E-state index in [2.05, 4.69) is 11.1 Å². The third-order valence-corrected chi connectivity index (χ3v) is 4.92. The minimum absolute atomic E-state index is 0.0466. The first-order chi connectivity index (χ1) is 11.2. The van der Waals surface area contributed by atoms with E-state index in [9.17, 15) is 4.79 Å². The molecule has 24 heavy (non-hydrogen) atoms. The van der Waals surface area contributed by atoms with E-state index >= 15 is 0 Å². The Hall–Kier alpha value is -1.26. The molecule has 0 saturated carbocycles. The molecule has 2 aliphatic rings. The quantitative estimate of drug-likeness (QED) is 0.628. The number of rotatable bonds is 1.